The quantitative estimate of drug-likeness (QED) is 0.842. The van der Waals surface area contributed by atoms with E-state index in [0.29, 0.717) is 16.7 Å². The molecule has 1 N–H and O–H groups in total. The first kappa shape index (κ1) is 13.2. The van der Waals surface area contributed by atoms with Gasteiger partial charge in [0.2, 0.25) is 0 Å². The van der Waals surface area contributed by atoms with E-state index in [0.717, 1.165) is 18.8 Å². The van der Waals surface area contributed by atoms with Crippen molar-refractivity contribution in [2.75, 3.05) is 23.3 Å². The van der Waals surface area contributed by atoms with E-state index in [-0.39, 0.29) is 0 Å². The summed E-state index contributed by atoms with van der Waals surface area (Å²) in [5.41, 5.74) is 2.70. The van der Waals surface area contributed by atoms with Crippen molar-refractivity contribution in [3.05, 3.63) is 23.8 Å². The van der Waals surface area contributed by atoms with E-state index in [4.69, 9.17) is 0 Å². The Labute approximate surface area is 119 Å². The van der Waals surface area contributed by atoms with Crippen LogP contribution in [-0.4, -0.2) is 24.8 Å². The normalized spacial score (nSPS) is 20.8. The third-order valence-electron chi connectivity index (χ3n) is 4.89. The second kappa shape index (κ2) is 4.62. The number of ketones is 1. The number of nitrogens with one attached hydrogen (secondary N) is 1. The molecule has 1 saturated heterocycles. The van der Waals surface area contributed by atoms with Crippen LogP contribution < -0.4 is 10.2 Å². The van der Waals surface area contributed by atoms with Crippen LogP contribution in [-0.2, 0) is 4.79 Å². The Kier molecular flexibility index (Phi) is 3.04. The Morgan fingerprint density at radius 2 is 1.95 bits per heavy atom. The maximum absolute atomic E-state index is 11.6. The molecule has 0 unspecified atom stereocenters. The molecule has 1 amide bonds. The fraction of sp³-hybridized carbons (Fsp3) is 0.500. The summed E-state index contributed by atoms with van der Waals surface area (Å²) in [7, 11) is 0. The Morgan fingerprint density at radius 3 is 2.60 bits per heavy atom. The molecular weight excluding hydrogens is 252 g/mol. The van der Waals surface area contributed by atoms with Crippen molar-refractivity contribution in [2.24, 2.45) is 5.41 Å². The summed E-state index contributed by atoms with van der Waals surface area (Å²) < 4.78 is 0. The van der Waals surface area contributed by atoms with Crippen molar-refractivity contribution >= 4 is 23.1 Å². The third-order valence-corrected chi connectivity index (χ3v) is 4.89. The maximum Gasteiger partial charge on any atom is 0.296 e. The molecule has 2 aliphatic rings. The van der Waals surface area contributed by atoms with Crippen molar-refractivity contribution in [2.45, 2.75) is 33.1 Å². The van der Waals surface area contributed by atoms with Gasteiger partial charge in [-0.1, -0.05) is 20.3 Å². The molecular formula is C16H20N2O2. The Balaban J connectivity index is 1.79. The predicted molar refractivity (Wildman–Crippen MR) is 79.2 cm³/mol. The van der Waals surface area contributed by atoms with Gasteiger partial charge in [-0.25, -0.2) is 0 Å². The number of carbonyl (C=O) groups is 2. The summed E-state index contributed by atoms with van der Waals surface area (Å²) in [5.74, 6) is -0.946. The first-order valence-electron chi connectivity index (χ1n) is 7.27. The molecule has 20 heavy (non-hydrogen) atoms. The number of hydrogen-bond donors (Lipinski definition) is 1. The van der Waals surface area contributed by atoms with Gasteiger partial charge in [-0.2, -0.15) is 0 Å². The number of benzene rings is 1. The monoisotopic (exact) mass is 272 g/mol. The highest BCUT2D eigenvalue weighted by Crippen LogP contribution is 2.37. The van der Waals surface area contributed by atoms with Crippen LogP contribution in [0, 0.1) is 5.41 Å². The number of amides is 1. The van der Waals surface area contributed by atoms with Crippen LogP contribution in [0.4, 0.5) is 11.4 Å². The number of piperidine rings is 1. The molecule has 0 saturated carbocycles. The second-order valence-electron chi connectivity index (χ2n) is 6.16. The molecule has 1 aromatic rings. The van der Waals surface area contributed by atoms with Crippen LogP contribution in [0.3, 0.4) is 0 Å². The molecule has 3 rings (SSSR count). The second-order valence-corrected chi connectivity index (χ2v) is 6.16. The molecule has 1 fully saturated rings. The van der Waals surface area contributed by atoms with Gasteiger partial charge in [0.1, 0.15) is 0 Å². The minimum atomic E-state index is -0.519. The van der Waals surface area contributed by atoms with E-state index in [2.05, 4.69) is 24.1 Å². The Morgan fingerprint density at radius 1 is 1.25 bits per heavy atom. The number of rotatable bonds is 2. The molecule has 4 nitrogen and oxygen atoms in total. The van der Waals surface area contributed by atoms with Gasteiger partial charge in [0, 0.05) is 18.8 Å². The zero-order valence-electron chi connectivity index (χ0n) is 12.0. The maximum atomic E-state index is 11.6. The minimum Gasteiger partial charge on any atom is -0.371 e. The van der Waals surface area contributed by atoms with E-state index in [1.165, 1.54) is 19.3 Å². The van der Waals surface area contributed by atoms with Gasteiger partial charge in [-0.05, 0) is 36.5 Å². The number of nitrogens with zero attached hydrogens (tertiary/aromatic N) is 1. The van der Waals surface area contributed by atoms with Crippen LogP contribution in [0.1, 0.15) is 43.5 Å². The largest absolute Gasteiger partial charge is 0.371 e. The lowest BCUT2D eigenvalue weighted by atomic mass is 9.78. The molecule has 2 heterocycles. The fourth-order valence-electron chi connectivity index (χ4n) is 2.99. The lowest BCUT2D eigenvalue weighted by molar-refractivity contribution is -0.112. The number of Topliss-reactive ketones (excluding diaryl/α,β-unsaturated/α-hetero) is 1. The number of fused-ring (bicyclic) bond motifs is 1. The first-order chi connectivity index (χ1) is 9.52. The van der Waals surface area contributed by atoms with Crippen molar-refractivity contribution in [3.63, 3.8) is 0 Å². The van der Waals surface area contributed by atoms with Gasteiger partial charge < -0.3 is 10.2 Å². The first-order valence-corrected chi connectivity index (χ1v) is 7.27. The molecule has 0 radical (unpaired) electrons. The fourth-order valence-corrected chi connectivity index (χ4v) is 2.99. The predicted octanol–water partition coefficient (Wildman–Crippen LogP) is 2.84. The van der Waals surface area contributed by atoms with Gasteiger partial charge in [0.15, 0.2) is 0 Å². The summed E-state index contributed by atoms with van der Waals surface area (Å²) in [4.78, 5) is 25.3. The Bertz CT molecular complexity index is 572. The zero-order chi connectivity index (χ0) is 14.3. The van der Waals surface area contributed by atoms with Crippen LogP contribution >= 0.6 is 0 Å². The summed E-state index contributed by atoms with van der Waals surface area (Å²) in [6, 6.07) is 5.64. The molecule has 0 bridgehead atoms. The summed E-state index contributed by atoms with van der Waals surface area (Å²) in [5, 5.41) is 2.64. The highest BCUT2D eigenvalue weighted by molar-refractivity contribution is 6.51. The van der Waals surface area contributed by atoms with Crippen LogP contribution in [0.25, 0.3) is 0 Å². The average Bonchev–Trinajstić information content (AvgIpc) is 2.74. The molecule has 2 aliphatic heterocycles. The molecule has 0 spiro atoms. The van der Waals surface area contributed by atoms with Crippen LogP contribution in [0.5, 0.6) is 0 Å². The highest BCUT2D eigenvalue weighted by Gasteiger charge is 2.31. The summed E-state index contributed by atoms with van der Waals surface area (Å²) in [6.07, 6.45) is 3.59. The van der Waals surface area contributed by atoms with Gasteiger partial charge in [-0.3, -0.25) is 9.59 Å². The van der Waals surface area contributed by atoms with Crippen molar-refractivity contribution in [3.8, 4) is 0 Å². The summed E-state index contributed by atoms with van der Waals surface area (Å²) in [6.45, 7) is 6.67. The topological polar surface area (TPSA) is 49.4 Å². The van der Waals surface area contributed by atoms with E-state index in [1.807, 2.05) is 12.1 Å². The Hall–Kier alpha value is -1.84. The van der Waals surface area contributed by atoms with Gasteiger partial charge in [0.25, 0.3) is 11.7 Å². The standard InChI is InChI=1S/C16H20N2O2/c1-3-16(2)6-8-18(9-7-16)11-4-5-12-13(10-11)17-15(20)14(12)19/h4-5,10H,3,6-9H2,1-2H3,(H,17,19,20). The molecule has 106 valence electrons. The highest BCUT2D eigenvalue weighted by atomic mass is 16.2. The lowest BCUT2D eigenvalue weighted by Gasteiger charge is -2.40. The van der Waals surface area contributed by atoms with E-state index < -0.39 is 11.7 Å². The van der Waals surface area contributed by atoms with Crippen LogP contribution in [0.2, 0.25) is 0 Å². The third kappa shape index (κ3) is 2.09. The van der Waals surface area contributed by atoms with Crippen molar-refractivity contribution in [1.29, 1.82) is 0 Å². The van der Waals surface area contributed by atoms with Gasteiger partial charge in [0.05, 0.1) is 11.3 Å². The molecule has 0 aliphatic carbocycles. The molecule has 0 aromatic heterocycles. The lowest BCUT2D eigenvalue weighted by Crippen LogP contribution is -2.38. The number of anilines is 2. The van der Waals surface area contributed by atoms with E-state index in [1.54, 1.807) is 6.07 Å². The van der Waals surface area contributed by atoms with E-state index >= 15 is 0 Å². The number of hydrogen-bond acceptors (Lipinski definition) is 3. The SMILES string of the molecule is CCC1(C)CCN(c2ccc3c(c2)NC(=O)C3=O)CC1. The van der Waals surface area contributed by atoms with E-state index in [9.17, 15) is 9.59 Å². The summed E-state index contributed by atoms with van der Waals surface area (Å²) >= 11 is 0. The molecule has 0 atom stereocenters. The number of carbonyl (C=O) groups excluding carboxylic acids is 2. The van der Waals surface area contributed by atoms with Gasteiger partial charge in [-0.15, -0.1) is 0 Å². The minimum absolute atomic E-state index is 0.427. The van der Waals surface area contributed by atoms with Crippen molar-refractivity contribution in [1.82, 2.24) is 0 Å². The molecule has 4 heteroatoms. The zero-order valence-corrected chi connectivity index (χ0v) is 12.0. The average molecular weight is 272 g/mol. The van der Waals surface area contributed by atoms with Gasteiger partial charge >= 0.3 is 0 Å². The smallest absolute Gasteiger partial charge is 0.296 e. The molecule has 1 aromatic carbocycles. The van der Waals surface area contributed by atoms with Crippen molar-refractivity contribution < 1.29 is 9.59 Å². The van der Waals surface area contributed by atoms with Crippen LogP contribution in [0.15, 0.2) is 18.2 Å².